The maximum absolute atomic E-state index is 12.0. The lowest BCUT2D eigenvalue weighted by Crippen LogP contribution is -2.25. The first-order chi connectivity index (χ1) is 13.8. The van der Waals surface area contributed by atoms with Crippen molar-refractivity contribution in [3.8, 4) is 17.6 Å². The summed E-state index contributed by atoms with van der Waals surface area (Å²) in [6.07, 6.45) is 0.748. The molecule has 1 heterocycles. The molecular formula is C21H19ClN2O5. The second kappa shape index (κ2) is 8.41. The van der Waals surface area contributed by atoms with E-state index in [1.807, 2.05) is 32.0 Å². The van der Waals surface area contributed by atoms with Crippen molar-refractivity contribution in [1.29, 1.82) is 5.26 Å². The van der Waals surface area contributed by atoms with E-state index in [0.29, 0.717) is 16.5 Å². The minimum atomic E-state index is -0.707. The van der Waals surface area contributed by atoms with Crippen molar-refractivity contribution in [2.75, 3.05) is 18.5 Å². The van der Waals surface area contributed by atoms with Gasteiger partial charge in [0.25, 0.3) is 5.91 Å². The van der Waals surface area contributed by atoms with Gasteiger partial charge < -0.3 is 19.5 Å². The zero-order chi connectivity index (χ0) is 21.0. The summed E-state index contributed by atoms with van der Waals surface area (Å²) in [4.78, 5) is 23.9. The summed E-state index contributed by atoms with van der Waals surface area (Å²) in [7, 11) is 0. The number of nitriles is 1. The van der Waals surface area contributed by atoms with Crippen molar-refractivity contribution in [2.45, 2.75) is 25.9 Å². The van der Waals surface area contributed by atoms with Crippen LogP contribution in [-0.4, -0.2) is 30.7 Å². The first-order valence-electron chi connectivity index (χ1n) is 8.86. The highest BCUT2D eigenvalue weighted by molar-refractivity contribution is 6.31. The zero-order valence-corrected chi connectivity index (χ0v) is 16.7. The van der Waals surface area contributed by atoms with Gasteiger partial charge in [-0.2, -0.15) is 5.26 Å². The predicted octanol–water partition coefficient (Wildman–Crippen LogP) is 3.49. The van der Waals surface area contributed by atoms with Gasteiger partial charge in [0.2, 0.25) is 0 Å². The van der Waals surface area contributed by atoms with Crippen molar-refractivity contribution in [1.82, 2.24) is 0 Å². The van der Waals surface area contributed by atoms with E-state index in [1.54, 1.807) is 6.07 Å². The Balaban J connectivity index is 1.50. The molecular weight excluding hydrogens is 396 g/mol. The molecule has 0 unspecified atom stereocenters. The minimum Gasteiger partial charge on any atom is -0.483 e. The smallest absolute Gasteiger partial charge is 0.344 e. The Hall–Kier alpha value is -3.24. The number of esters is 1. The molecule has 3 rings (SSSR count). The number of amides is 1. The van der Waals surface area contributed by atoms with Gasteiger partial charge in [-0.1, -0.05) is 23.7 Å². The van der Waals surface area contributed by atoms with E-state index in [0.717, 1.165) is 12.0 Å². The van der Waals surface area contributed by atoms with E-state index in [9.17, 15) is 9.59 Å². The second-order valence-corrected chi connectivity index (χ2v) is 7.52. The van der Waals surface area contributed by atoms with Crippen molar-refractivity contribution in [3.05, 3.63) is 52.5 Å². The molecule has 0 bridgehead atoms. The Bertz CT molecular complexity index is 997. The van der Waals surface area contributed by atoms with E-state index < -0.39 is 18.5 Å². The Labute approximate surface area is 173 Å². The largest absolute Gasteiger partial charge is 0.483 e. The summed E-state index contributed by atoms with van der Waals surface area (Å²) < 4.78 is 16.3. The average Bonchev–Trinajstić information content (AvgIpc) is 2.99. The Kier molecular flexibility index (Phi) is 5.95. The molecule has 1 amide bonds. The van der Waals surface area contributed by atoms with Gasteiger partial charge in [-0.15, -0.1) is 0 Å². The molecule has 0 radical (unpaired) electrons. The summed E-state index contributed by atoms with van der Waals surface area (Å²) in [5, 5.41) is 11.9. The number of anilines is 1. The van der Waals surface area contributed by atoms with Crippen LogP contribution in [-0.2, 0) is 20.7 Å². The number of nitrogens with one attached hydrogen (secondary N) is 1. The molecule has 1 N–H and O–H groups in total. The van der Waals surface area contributed by atoms with Gasteiger partial charge in [-0.25, -0.2) is 4.79 Å². The number of ether oxygens (including phenoxy) is 3. The molecule has 1 aliphatic heterocycles. The average molecular weight is 415 g/mol. The number of rotatable bonds is 6. The Morgan fingerprint density at radius 1 is 1.28 bits per heavy atom. The fourth-order valence-electron chi connectivity index (χ4n) is 2.93. The van der Waals surface area contributed by atoms with Gasteiger partial charge in [0.1, 0.15) is 11.7 Å². The fourth-order valence-corrected chi connectivity index (χ4v) is 3.10. The molecule has 29 heavy (non-hydrogen) atoms. The molecule has 0 saturated heterocycles. The van der Waals surface area contributed by atoms with Crippen LogP contribution in [0.3, 0.4) is 0 Å². The van der Waals surface area contributed by atoms with E-state index >= 15 is 0 Å². The van der Waals surface area contributed by atoms with Gasteiger partial charge in [-0.3, -0.25) is 4.79 Å². The third-order valence-corrected chi connectivity index (χ3v) is 4.38. The summed E-state index contributed by atoms with van der Waals surface area (Å²) in [5.41, 5.74) is 1.17. The monoisotopic (exact) mass is 414 g/mol. The Morgan fingerprint density at radius 2 is 2.07 bits per heavy atom. The molecule has 150 valence electrons. The number of hydrogen-bond donors (Lipinski definition) is 1. The topological polar surface area (TPSA) is 97.6 Å². The molecule has 0 fully saturated rings. The standard InChI is InChI=1S/C21H19ClN2O5/c1-21(2)9-13-4-3-5-17(20(13)29-21)27-12-19(26)28-11-18(25)24-16-8-15(22)7-6-14(16)10-23/h3-8H,9,11-12H2,1-2H3,(H,24,25). The van der Waals surface area contributed by atoms with E-state index in [-0.39, 0.29) is 23.5 Å². The van der Waals surface area contributed by atoms with Crippen LogP contribution in [0.15, 0.2) is 36.4 Å². The number of carbonyl (C=O) groups is 2. The highest BCUT2D eigenvalue weighted by Gasteiger charge is 2.32. The lowest BCUT2D eigenvalue weighted by molar-refractivity contribution is -0.149. The normalized spacial score (nSPS) is 13.6. The van der Waals surface area contributed by atoms with E-state index in [2.05, 4.69) is 5.32 Å². The van der Waals surface area contributed by atoms with Crippen molar-refractivity contribution < 1.29 is 23.8 Å². The third-order valence-electron chi connectivity index (χ3n) is 4.14. The van der Waals surface area contributed by atoms with E-state index in [1.165, 1.54) is 18.2 Å². The molecule has 8 heteroatoms. The highest BCUT2D eigenvalue weighted by atomic mass is 35.5. The SMILES string of the molecule is CC1(C)Cc2cccc(OCC(=O)OCC(=O)Nc3cc(Cl)ccc3C#N)c2O1. The molecule has 0 atom stereocenters. The molecule has 2 aromatic carbocycles. The molecule has 0 saturated carbocycles. The van der Waals surface area contributed by atoms with Crippen LogP contribution in [0.25, 0.3) is 0 Å². The number of benzene rings is 2. The lowest BCUT2D eigenvalue weighted by Gasteiger charge is -2.18. The van der Waals surface area contributed by atoms with Crippen LogP contribution in [0.5, 0.6) is 11.5 Å². The number of fused-ring (bicyclic) bond motifs is 1. The quantitative estimate of drug-likeness (QED) is 0.726. The maximum atomic E-state index is 12.0. The summed E-state index contributed by atoms with van der Waals surface area (Å²) in [6.45, 7) is 3.06. The number of para-hydroxylation sites is 1. The molecule has 0 aromatic heterocycles. The molecule has 1 aliphatic rings. The van der Waals surface area contributed by atoms with Crippen molar-refractivity contribution in [2.24, 2.45) is 0 Å². The Morgan fingerprint density at radius 3 is 2.83 bits per heavy atom. The van der Waals surface area contributed by atoms with Crippen LogP contribution in [0.4, 0.5) is 5.69 Å². The summed E-state index contributed by atoms with van der Waals surface area (Å²) >= 11 is 5.87. The van der Waals surface area contributed by atoms with Gasteiger partial charge >= 0.3 is 5.97 Å². The molecule has 0 spiro atoms. The van der Waals surface area contributed by atoms with Crippen LogP contribution < -0.4 is 14.8 Å². The van der Waals surface area contributed by atoms with E-state index in [4.69, 9.17) is 31.1 Å². The first-order valence-corrected chi connectivity index (χ1v) is 9.24. The van der Waals surface area contributed by atoms with Crippen LogP contribution >= 0.6 is 11.6 Å². The fraction of sp³-hybridized carbons (Fsp3) is 0.286. The third kappa shape index (κ3) is 5.18. The number of nitrogens with zero attached hydrogens (tertiary/aromatic N) is 1. The lowest BCUT2D eigenvalue weighted by atomic mass is 10.0. The number of carbonyl (C=O) groups excluding carboxylic acids is 2. The summed E-state index contributed by atoms with van der Waals surface area (Å²) in [6, 6.07) is 11.9. The van der Waals surface area contributed by atoms with Crippen LogP contribution in [0, 0.1) is 11.3 Å². The highest BCUT2D eigenvalue weighted by Crippen LogP contribution is 2.41. The first kappa shape index (κ1) is 20.5. The van der Waals surface area contributed by atoms with Gasteiger partial charge in [0.15, 0.2) is 24.7 Å². The molecule has 2 aromatic rings. The van der Waals surface area contributed by atoms with Crippen molar-refractivity contribution in [3.63, 3.8) is 0 Å². The van der Waals surface area contributed by atoms with Gasteiger partial charge in [0.05, 0.1) is 11.3 Å². The number of halogens is 1. The second-order valence-electron chi connectivity index (χ2n) is 7.08. The molecule has 7 nitrogen and oxygen atoms in total. The van der Waals surface area contributed by atoms with Gasteiger partial charge in [-0.05, 0) is 38.1 Å². The maximum Gasteiger partial charge on any atom is 0.344 e. The van der Waals surface area contributed by atoms with Crippen LogP contribution in [0.1, 0.15) is 25.0 Å². The predicted molar refractivity (Wildman–Crippen MR) is 106 cm³/mol. The zero-order valence-electron chi connectivity index (χ0n) is 16.0. The minimum absolute atomic E-state index is 0.247. The van der Waals surface area contributed by atoms with Gasteiger partial charge in [0, 0.05) is 17.0 Å². The number of hydrogen-bond acceptors (Lipinski definition) is 6. The molecule has 0 aliphatic carbocycles. The summed E-state index contributed by atoms with van der Waals surface area (Å²) in [5.74, 6) is -0.232. The van der Waals surface area contributed by atoms with Crippen molar-refractivity contribution >= 4 is 29.2 Å². The van der Waals surface area contributed by atoms with Crippen LogP contribution in [0.2, 0.25) is 5.02 Å².